The van der Waals surface area contributed by atoms with Gasteiger partial charge >= 0.3 is 0 Å². The SMILES string of the molecule is c1ccc(C2=NC(c3ccc4c(c3)oc3cc(-c5ccc6c7ccccc7c7ccccc7c6c5)ccc34)=NC(c3cccc4oc5ccccc5c34)N2)cc1. The van der Waals surface area contributed by atoms with E-state index in [0.717, 1.165) is 77.5 Å². The molecule has 5 nitrogen and oxygen atoms in total. The third-order valence-electron chi connectivity index (χ3n) is 11.3. The molecule has 262 valence electrons. The van der Waals surface area contributed by atoms with Crippen LogP contribution in [0, 0.1) is 0 Å². The summed E-state index contributed by atoms with van der Waals surface area (Å²) >= 11 is 0. The third kappa shape index (κ3) is 4.74. The maximum absolute atomic E-state index is 6.65. The Morgan fingerprint density at radius 2 is 0.911 bits per heavy atom. The number of nitrogens with one attached hydrogen (secondary N) is 1. The first-order valence-corrected chi connectivity index (χ1v) is 18.9. The third-order valence-corrected chi connectivity index (χ3v) is 11.3. The molecule has 1 aliphatic rings. The Bertz CT molecular complexity index is 3430. The zero-order chi connectivity index (χ0) is 36.7. The number of benzene rings is 9. The summed E-state index contributed by atoms with van der Waals surface area (Å²) in [5, 5.41) is 15.5. The van der Waals surface area contributed by atoms with E-state index in [1.54, 1.807) is 0 Å². The Morgan fingerprint density at radius 3 is 1.64 bits per heavy atom. The van der Waals surface area contributed by atoms with Crippen molar-refractivity contribution < 1.29 is 8.83 Å². The summed E-state index contributed by atoms with van der Waals surface area (Å²) in [6.07, 6.45) is -0.395. The van der Waals surface area contributed by atoms with Gasteiger partial charge in [-0.05, 0) is 85.9 Å². The molecule has 1 aliphatic heterocycles. The zero-order valence-corrected chi connectivity index (χ0v) is 30.0. The fraction of sp³-hybridized carbons (Fsp3) is 0.0196. The van der Waals surface area contributed by atoms with Crippen LogP contribution in [0.1, 0.15) is 22.9 Å². The van der Waals surface area contributed by atoms with Crippen molar-refractivity contribution >= 4 is 87.9 Å². The lowest BCUT2D eigenvalue weighted by Gasteiger charge is -2.24. The van der Waals surface area contributed by atoms with Crippen LogP contribution in [-0.2, 0) is 0 Å². The molecular formula is C51H31N3O2. The summed E-state index contributed by atoms with van der Waals surface area (Å²) < 4.78 is 12.9. The first kappa shape index (κ1) is 30.9. The highest BCUT2D eigenvalue weighted by Gasteiger charge is 2.25. The van der Waals surface area contributed by atoms with Crippen molar-refractivity contribution in [1.29, 1.82) is 0 Å². The molecule has 12 rings (SSSR count). The van der Waals surface area contributed by atoms with E-state index in [9.17, 15) is 0 Å². The van der Waals surface area contributed by atoms with Gasteiger partial charge in [-0.2, -0.15) is 0 Å². The molecule has 0 saturated carbocycles. The molecule has 2 aromatic heterocycles. The van der Waals surface area contributed by atoms with Crippen molar-refractivity contribution in [2.45, 2.75) is 6.17 Å². The number of fused-ring (bicyclic) bond motifs is 12. The largest absolute Gasteiger partial charge is 0.456 e. The Kier molecular flexibility index (Phi) is 6.63. The monoisotopic (exact) mass is 717 g/mol. The molecule has 3 heterocycles. The van der Waals surface area contributed by atoms with Crippen molar-refractivity contribution in [3.63, 3.8) is 0 Å². The summed E-state index contributed by atoms with van der Waals surface area (Å²) in [5.74, 6) is 1.40. The number of nitrogens with zero attached hydrogens (tertiary/aromatic N) is 2. The van der Waals surface area contributed by atoms with Crippen LogP contribution >= 0.6 is 0 Å². The first-order valence-electron chi connectivity index (χ1n) is 18.9. The van der Waals surface area contributed by atoms with Crippen LogP contribution < -0.4 is 5.32 Å². The number of hydrogen-bond acceptors (Lipinski definition) is 5. The van der Waals surface area contributed by atoms with Crippen LogP contribution in [0.25, 0.3) is 87.3 Å². The molecular weight excluding hydrogens is 687 g/mol. The summed E-state index contributed by atoms with van der Waals surface area (Å²) in [5.41, 5.74) is 8.49. The maximum atomic E-state index is 6.65. The molecule has 11 aromatic rings. The van der Waals surface area contributed by atoms with Crippen LogP contribution in [0.3, 0.4) is 0 Å². The zero-order valence-electron chi connectivity index (χ0n) is 30.0. The quantitative estimate of drug-likeness (QED) is 0.184. The molecule has 56 heavy (non-hydrogen) atoms. The molecule has 0 bridgehead atoms. The van der Waals surface area contributed by atoms with Crippen molar-refractivity contribution in [2.24, 2.45) is 9.98 Å². The van der Waals surface area contributed by atoms with Crippen molar-refractivity contribution in [2.75, 3.05) is 0 Å². The van der Waals surface area contributed by atoms with Crippen molar-refractivity contribution in [3.05, 3.63) is 193 Å². The number of para-hydroxylation sites is 1. The van der Waals surface area contributed by atoms with E-state index in [2.05, 4.69) is 133 Å². The van der Waals surface area contributed by atoms with E-state index in [1.807, 2.05) is 48.5 Å². The van der Waals surface area contributed by atoms with E-state index >= 15 is 0 Å². The van der Waals surface area contributed by atoms with Gasteiger partial charge in [0.25, 0.3) is 0 Å². The van der Waals surface area contributed by atoms with Gasteiger partial charge in [0.2, 0.25) is 0 Å². The fourth-order valence-corrected chi connectivity index (χ4v) is 8.69. The number of rotatable bonds is 4. The van der Waals surface area contributed by atoms with Crippen LogP contribution in [0.2, 0.25) is 0 Å². The summed E-state index contributed by atoms with van der Waals surface area (Å²) in [6, 6.07) is 61.6. The van der Waals surface area contributed by atoms with Crippen LogP contribution in [0.4, 0.5) is 0 Å². The van der Waals surface area contributed by atoms with Gasteiger partial charge in [0.15, 0.2) is 5.84 Å². The van der Waals surface area contributed by atoms with Gasteiger partial charge in [0, 0.05) is 38.2 Å². The average Bonchev–Trinajstić information content (AvgIpc) is 3.84. The molecule has 1 N–H and O–H groups in total. The fourth-order valence-electron chi connectivity index (χ4n) is 8.69. The average molecular weight is 718 g/mol. The smallest absolute Gasteiger partial charge is 0.159 e. The van der Waals surface area contributed by atoms with Gasteiger partial charge in [-0.25, -0.2) is 9.98 Å². The second kappa shape index (κ2) is 12.0. The Labute approximate surface area is 320 Å². The normalized spacial score (nSPS) is 14.6. The second-order valence-corrected chi connectivity index (χ2v) is 14.5. The molecule has 0 amide bonds. The molecule has 0 radical (unpaired) electrons. The molecule has 1 unspecified atom stereocenters. The number of aliphatic imine (C=N–C) groups is 2. The highest BCUT2D eigenvalue weighted by molar-refractivity contribution is 6.26. The van der Waals surface area contributed by atoms with Gasteiger partial charge in [-0.1, -0.05) is 133 Å². The molecule has 0 saturated heterocycles. The molecule has 0 aliphatic carbocycles. The molecule has 1 atom stereocenters. The second-order valence-electron chi connectivity index (χ2n) is 14.5. The Hall–Kier alpha value is -7.50. The number of hydrogen-bond donors (Lipinski definition) is 1. The minimum Gasteiger partial charge on any atom is -0.456 e. The van der Waals surface area contributed by atoms with Crippen LogP contribution in [0.15, 0.2) is 195 Å². The van der Waals surface area contributed by atoms with Gasteiger partial charge in [-0.3, -0.25) is 0 Å². The van der Waals surface area contributed by atoms with Gasteiger partial charge < -0.3 is 14.2 Å². The Morgan fingerprint density at radius 1 is 0.375 bits per heavy atom. The highest BCUT2D eigenvalue weighted by Crippen LogP contribution is 2.40. The van der Waals surface area contributed by atoms with Crippen molar-refractivity contribution in [3.8, 4) is 11.1 Å². The first-order chi connectivity index (χ1) is 27.7. The number of furan rings is 2. The minimum absolute atomic E-state index is 0.395. The molecule has 9 aromatic carbocycles. The summed E-state index contributed by atoms with van der Waals surface area (Å²) in [6.45, 7) is 0. The summed E-state index contributed by atoms with van der Waals surface area (Å²) in [4.78, 5) is 10.3. The van der Waals surface area contributed by atoms with E-state index in [1.165, 1.54) is 32.3 Å². The lowest BCUT2D eigenvalue weighted by atomic mass is 9.92. The predicted molar refractivity (Wildman–Crippen MR) is 231 cm³/mol. The minimum atomic E-state index is -0.395. The number of amidine groups is 2. The lowest BCUT2D eigenvalue weighted by Crippen LogP contribution is -2.33. The topological polar surface area (TPSA) is 63.0 Å². The van der Waals surface area contributed by atoms with Gasteiger partial charge in [0.05, 0.1) is 0 Å². The highest BCUT2D eigenvalue weighted by atomic mass is 16.3. The lowest BCUT2D eigenvalue weighted by molar-refractivity contribution is 0.662. The van der Waals surface area contributed by atoms with Crippen molar-refractivity contribution in [1.82, 2.24) is 5.32 Å². The van der Waals surface area contributed by atoms with E-state index in [4.69, 9.17) is 18.8 Å². The van der Waals surface area contributed by atoms with E-state index in [-0.39, 0.29) is 0 Å². The van der Waals surface area contributed by atoms with Gasteiger partial charge in [-0.15, -0.1) is 0 Å². The standard InChI is InChI=1S/C51H31N3O2/c1-2-11-30(12-3-1)49-52-50(54-51(53-49)42-18-10-20-45-48(42)41-17-8-9-19-44(41)55-45)33-23-26-40-39-25-22-32(28-46(39)56-47(40)29-33)31-21-24-38-36-15-5-4-13-34(36)35-14-6-7-16-37(35)43(38)27-31/h1-29,51H,(H,52,53,54). The van der Waals surface area contributed by atoms with Crippen LogP contribution in [0.5, 0.6) is 0 Å². The Balaban J connectivity index is 0.973. The van der Waals surface area contributed by atoms with E-state index in [0.29, 0.717) is 5.84 Å². The summed E-state index contributed by atoms with van der Waals surface area (Å²) in [7, 11) is 0. The van der Waals surface area contributed by atoms with Crippen LogP contribution in [-0.4, -0.2) is 11.7 Å². The maximum Gasteiger partial charge on any atom is 0.159 e. The predicted octanol–water partition coefficient (Wildman–Crippen LogP) is 13.1. The molecule has 0 spiro atoms. The molecule has 5 heteroatoms. The molecule has 0 fully saturated rings. The van der Waals surface area contributed by atoms with E-state index < -0.39 is 6.17 Å². The van der Waals surface area contributed by atoms with Gasteiger partial charge in [0.1, 0.15) is 34.3 Å².